The first-order chi connectivity index (χ1) is 9.67. The standard InChI is InChI=1S/C15H15NO4/c1-2-19-13-7-4-8-14(16-13)20-12-6-3-5-11(9-12)10-15(17)18/h3-9H,2,10H2,1H3,(H,17,18). The van der Waals surface area contributed by atoms with Gasteiger partial charge in [0.25, 0.3) is 0 Å². The van der Waals surface area contributed by atoms with Gasteiger partial charge in [-0.15, -0.1) is 0 Å². The van der Waals surface area contributed by atoms with E-state index in [9.17, 15) is 4.79 Å². The summed E-state index contributed by atoms with van der Waals surface area (Å²) in [4.78, 5) is 14.9. The van der Waals surface area contributed by atoms with Gasteiger partial charge >= 0.3 is 5.97 Å². The molecule has 20 heavy (non-hydrogen) atoms. The van der Waals surface area contributed by atoms with Crippen molar-refractivity contribution in [1.82, 2.24) is 4.98 Å². The van der Waals surface area contributed by atoms with E-state index in [4.69, 9.17) is 14.6 Å². The van der Waals surface area contributed by atoms with Gasteiger partial charge in [-0.25, -0.2) is 0 Å². The predicted molar refractivity (Wildman–Crippen MR) is 73.3 cm³/mol. The number of aromatic nitrogens is 1. The second kappa shape index (κ2) is 6.56. The number of hydrogen-bond acceptors (Lipinski definition) is 4. The molecule has 1 N–H and O–H groups in total. The van der Waals surface area contributed by atoms with Crippen molar-refractivity contribution < 1.29 is 19.4 Å². The van der Waals surface area contributed by atoms with E-state index in [0.29, 0.717) is 29.7 Å². The third-order valence-electron chi connectivity index (χ3n) is 2.47. The van der Waals surface area contributed by atoms with E-state index in [2.05, 4.69) is 4.98 Å². The number of carboxylic acid groups (broad SMARTS) is 1. The van der Waals surface area contributed by atoms with Gasteiger partial charge in [-0.1, -0.05) is 18.2 Å². The fraction of sp³-hybridized carbons (Fsp3) is 0.200. The monoisotopic (exact) mass is 273 g/mol. The molecule has 1 aromatic heterocycles. The lowest BCUT2D eigenvalue weighted by molar-refractivity contribution is -0.136. The summed E-state index contributed by atoms with van der Waals surface area (Å²) in [5, 5.41) is 8.77. The van der Waals surface area contributed by atoms with E-state index in [-0.39, 0.29) is 6.42 Å². The number of aliphatic carboxylic acids is 1. The van der Waals surface area contributed by atoms with Crippen molar-refractivity contribution in [3.8, 4) is 17.5 Å². The van der Waals surface area contributed by atoms with Crippen molar-refractivity contribution in [2.24, 2.45) is 0 Å². The minimum Gasteiger partial charge on any atom is -0.481 e. The Morgan fingerprint density at radius 2 is 1.95 bits per heavy atom. The molecule has 0 spiro atoms. The molecule has 2 aromatic rings. The molecule has 0 bridgehead atoms. The Morgan fingerprint density at radius 1 is 1.20 bits per heavy atom. The highest BCUT2D eigenvalue weighted by molar-refractivity contribution is 5.70. The van der Waals surface area contributed by atoms with Crippen LogP contribution in [0.15, 0.2) is 42.5 Å². The molecule has 2 rings (SSSR count). The molecule has 0 saturated carbocycles. The zero-order chi connectivity index (χ0) is 14.4. The predicted octanol–water partition coefficient (Wildman–Crippen LogP) is 2.90. The number of benzene rings is 1. The molecule has 0 aliphatic rings. The lowest BCUT2D eigenvalue weighted by Crippen LogP contribution is -2.00. The molecule has 0 fully saturated rings. The molecule has 0 aliphatic carbocycles. The smallest absolute Gasteiger partial charge is 0.307 e. The first kappa shape index (κ1) is 13.9. The molecule has 5 nitrogen and oxygen atoms in total. The van der Waals surface area contributed by atoms with Crippen LogP contribution < -0.4 is 9.47 Å². The summed E-state index contributed by atoms with van der Waals surface area (Å²) < 4.78 is 10.9. The third kappa shape index (κ3) is 3.98. The Hall–Kier alpha value is -2.56. The summed E-state index contributed by atoms with van der Waals surface area (Å²) in [7, 11) is 0. The van der Waals surface area contributed by atoms with E-state index in [0.717, 1.165) is 0 Å². The molecule has 104 valence electrons. The molecule has 0 saturated heterocycles. The van der Waals surface area contributed by atoms with Gasteiger partial charge in [-0.3, -0.25) is 4.79 Å². The van der Waals surface area contributed by atoms with Crippen molar-refractivity contribution in [2.75, 3.05) is 6.61 Å². The molecule has 0 aliphatic heterocycles. The van der Waals surface area contributed by atoms with E-state index in [1.807, 2.05) is 6.92 Å². The lowest BCUT2D eigenvalue weighted by Gasteiger charge is -2.07. The quantitative estimate of drug-likeness (QED) is 0.876. The van der Waals surface area contributed by atoms with Gasteiger partial charge in [-0.05, 0) is 24.6 Å². The number of carbonyl (C=O) groups is 1. The molecular formula is C15H15NO4. The van der Waals surface area contributed by atoms with Crippen LogP contribution in [0.25, 0.3) is 0 Å². The Labute approximate surface area is 116 Å². The molecule has 0 amide bonds. The van der Waals surface area contributed by atoms with Gasteiger partial charge in [0.2, 0.25) is 11.8 Å². The maximum Gasteiger partial charge on any atom is 0.307 e. The summed E-state index contributed by atoms with van der Waals surface area (Å²) in [6.45, 7) is 2.41. The van der Waals surface area contributed by atoms with Gasteiger partial charge in [0, 0.05) is 12.1 Å². The van der Waals surface area contributed by atoms with Crippen LogP contribution in [0.5, 0.6) is 17.5 Å². The molecule has 0 radical (unpaired) electrons. The van der Waals surface area contributed by atoms with Crippen molar-refractivity contribution in [3.05, 3.63) is 48.0 Å². The highest BCUT2D eigenvalue weighted by atomic mass is 16.5. The van der Waals surface area contributed by atoms with Crippen LogP contribution in [0.3, 0.4) is 0 Å². The maximum absolute atomic E-state index is 10.7. The zero-order valence-corrected chi connectivity index (χ0v) is 11.1. The van der Waals surface area contributed by atoms with Crippen LogP contribution in [0, 0.1) is 0 Å². The molecule has 1 aromatic carbocycles. The SMILES string of the molecule is CCOc1cccc(Oc2cccc(CC(=O)O)c2)n1. The summed E-state index contributed by atoms with van der Waals surface area (Å²) in [6.07, 6.45) is -0.0381. The summed E-state index contributed by atoms with van der Waals surface area (Å²) >= 11 is 0. The van der Waals surface area contributed by atoms with E-state index >= 15 is 0 Å². The van der Waals surface area contributed by atoms with Crippen molar-refractivity contribution >= 4 is 5.97 Å². The average molecular weight is 273 g/mol. The van der Waals surface area contributed by atoms with Gasteiger partial charge in [0.1, 0.15) is 5.75 Å². The molecule has 5 heteroatoms. The number of rotatable bonds is 6. The van der Waals surface area contributed by atoms with Crippen LogP contribution in [0.2, 0.25) is 0 Å². The van der Waals surface area contributed by atoms with Crippen molar-refractivity contribution in [3.63, 3.8) is 0 Å². The summed E-state index contributed by atoms with van der Waals surface area (Å²) in [5.74, 6) is 0.568. The van der Waals surface area contributed by atoms with Gasteiger partial charge < -0.3 is 14.6 Å². The Morgan fingerprint density at radius 3 is 2.70 bits per heavy atom. The third-order valence-corrected chi connectivity index (χ3v) is 2.47. The first-order valence-electron chi connectivity index (χ1n) is 6.26. The van der Waals surface area contributed by atoms with Crippen LogP contribution >= 0.6 is 0 Å². The van der Waals surface area contributed by atoms with E-state index < -0.39 is 5.97 Å². The largest absolute Gasteiger partial charge is 0.481 e. The Balaban J connectivity index is 2.13. The minimum absolute atomic E-state index is 0.0381. The Kier molecular flexibility index (Phi) is 4.55. The van der Waals surface area contributed by atoms with E-state index in [1.54, 1.807) is 42.5 Å². The van der Waals surface area contributed by atoms with Crippen LogP contribution in [0.4, 0.5) is 0 Å². The van der Waals surface area contributed by atoms with Gasteiger partial charge in [0.05, 0.1) is 13.0 Å². The number of hydrogen-bond donors (Lipinski definition) is 1. The fourth-order valence-electron chi connectivity index (χ4n) is 1.70. The number of carboxylic acids is 1. The highest BCUT2D eigenvalue weighted by Crippen LogP contribution is 2.22. The molecule has 0 unspecified atom stereocenters. The second-order valence-corrected chi connectivity index (χ2v) is 4.07. The minimum atomic E-state index is -0.876. The highest BCUT2D eigenvalue weighted by Gasteiger charge is 2.04. The Bertz CT molecular complexity index is 598. The molecule has 1 heterocycles. The van der Waals surface area contributed by atoms with Crippen molar-refractivity contribution in [1.29, 1.82) is 0 Å². The van der Waals surface area contributed by atoms with Gasteiger partial charge in [0.15, 0.2) is 0 Å². The normalized spacial score (nSPS) is 10.1. The van der Waals surface area contributed by atoms with E-state index in [1.165, 1.54) is 0 Å². The first-order valence-corrected chi connectivity index (χ1v) is 6.26. The zero-order valence-electron chi connectivity index (χ0n) is 11.1. The number of pyridine rings is 1. The average Bonchev–Trinajstić information content (AvgIpc) is 2.39. The lowest BCUT2D eigenvalue weighted by atomic mass is 10.1. The molecular weight excluding hydrogens is 258 g/mol. The van der Waals surface area contributed by atoms with Crippen LogP contribution in [-0.4, -0.2) is 22.7 Å². The van der Waals surface area contributed by atoms with Crippen LogP contribution in [-0.2, 0) is 11.2 Å². The topological polar surface area (TPSA) is 68.7 Å². The van der Waals surface area contributed by atoms with Crippen molar-refractivity contribution in [2.45, 2.75) is 13.3 Å². The molecule has 0 atom stereocenters. The maximum atomic E-state index is 10.7. The summed E-state index contributed by atoms with van der Waals surface area (Å²) in [6, 6.07) is 12.2. The number of ether oxygens (including phenoxy) is 2. The summed E-state index contributed by atoms with van der Waals surface area (Å²) in [5.41, 5.74) is 0.677. The van der Waals surface area contributed by atoms with Crippen LogP contribution in [0.1, 0.15) is 12.5 Å². The number of nitrogens with zero attached hydrogens (tertiary/aromatic N) is 1. The second-order valence-electron chi connectivity index (χ2n) is 4.07. The fourth-order valence-corrected chi connectivity index (χ4v) is 1.70. The van der Waals surface area contributed by atoms with Gasteiger partial charge in [-0.2, -0.15) is 4.98 Å².